The molecule has 0 unspecified atom stereocenters. The summed E-state index contributed by atoms with van der Waals surface area (Å²) in [5.74, 6) is -0.333. The molecule has 0 rings (SSSR count). The van der Waals surface area contributed by atoms with Crippen molar-refractivity contribution in [2.24, 2.45) is 11.5 Å². The molecule has 0 aromatic rings. The normalized spacial score (nSPS) is 4.86. The maximum atomic E-state index is 6.06. The summed E-state index contributed by atoms with van der Waals surface area (Å²) in [5, 5.41) is 6.06. The zero-order chi connectivity index (χ0) is 6.28. The summed E-state index contributed by atoms with van der Waals surface area (Å²) in [6.45, 7) is 0. The molecule has 0 aromatic carbocycles. The molecule has 0 fully saturated rings. The number of hydrogen-bond acceptors (Lipinski definition) is 1. The molecule has 0 saturated heterocycles. The van der Waals surface area contributed by atoms with E-state index in [1.165, 1.54) is 0 Å². The Morgan fingerprint density at radius 2 is 1.43 bits per heavy atom. The van der Waals surface area contributed by atoms with Gasteiger partial charge in [0.05, 0.1) is 0 Å². The Morgan fingerprint density at radius 1 is 1.43 bits per heavy atom. The summed E-state index contributed by atoms with van der Waals surface area (Å²) in [7, 11) is 0. The van der Waals surface area contributed by atoms with Crippen LogP contribution in [0.25, 0.3) is 0 Å². The van der Waals surface area contributed by atoms with Crippen LogP contribution in [-0.2, 0) is 0 Å². The average molecular weight is 170 g/mol. The first-order chi connectivity index (χ1) is 3.15. The Bertz CT molecular complexity index is 44.2. The van der Waals surface area contributed by atoms with Gasteiger partial charge in [0.25, 0.3) is 0 Å². The van der Waals surface area contributed by atoms with Gasteiger partial charge in [-0.05, 0) is 0 Å². The molecular formula is CH5CaCl2N3. The van der Waals surface area contributed by atoms with E-state index in [9.17, 15) is 0 Å². The Morgan fingerprint density at radius 3 is 1.43 bits per heavy atom. The third-order valence-electron chi connectivity index (χ3n) is 0. The van der Waals surface area contributed by atoms with Crippen molar-refractivity contribution < 1.29 is 0 Å². The molecule has 0 aromatic heterocycles. The van der Waals surface area contributed by atoms with Gasteiger partial charge >= 0.3 is 43.6 Å². The van der Waals surface area contributed by atoms with E-state index in [1.54, 1.807) is 0 Å². The molecule has 7 heavy (non-hydrogen) atoms. The number of hydrogen-bond donors (Lipinski definition) is 3. The van der Waals surface area contributed by atoms with E-state index < -0.39 is 30.8 Å². The van der Waals surface area contributed by atoms with Gasteiger partial charge in [-0.1, -0.05) is 0 Å². The van der Waals surface area contributed by atoms with Crippen LogP contribution in [0.2, 0.25) is 0 Å². The summed E-state index contributed by atoms with van der Waals surface area (Å²) in [6.07, 6.45) is 9.90. The zero-order valence-corrected chi connectivity index (χ0v) is 7.34. The summed E-state index contributed by atoms with van der Waals surface area (Å²) < 4.78 is 0. The van der Waals surface area contributed by atoms with Gasteiger partial charge in [-0.15, -0.1) is 0 Å². The van der Waals surface area contributed by atoms with Crippen molar-refractivity contribution in [3.8, 4) is 0 Å². The van der Waals surface area contributed by atoms with E-state index in [4.69, 9.17) is 18.2 Å². The second-order valence-electron chi connectivity index (χ2n) is 0.556. The molecule has 0 aliphatic rings. The van der Waals surface area contributed by atoms with Gasteiger partial charge in [-0.3, -0.25) is 5.41 Å². The van der Waals surface area contributed by atoms with E-state index in [2.05, 4.69) is 11.5 Å². The first kappa shape index (κ1) is 11.0. The van der Waals surface area contributed by atoms with Gasteiger partial charge < -0.3 is 11.5 Å². The van der Waals surface area contributed by atoms with Crippen molar-refractivity contribution >= 4 is 49.6 Å². The quantitative estimate of drug-likeness (QED) is 0.268. The van der Waals surface area contributed by atoms with Gasteiger partial charge in [-0.25, -0.2) is 0 Å². The van der Waals surface area contributed by atoms with Crippen LogP contribution in [0.1, 0.15) is 0 Å². The third-order valence-corrected chi connectivity index (χ3v) is 0. The van der Waals surface area contributed by atoms with E-state index in [-0.39, 0.29) is 5.96 Å². The first-order valence-corrected chi connectivity index (χ1v) is 7.44. The molecule has 0 radical (unpaired) electrons. The van der Waals surface area contributed by atoms with Crippen LogP contribution >= 0.6 is 12.8 Å². The predicted molar refractivity (Wildman–Crippen MR) is 33.6 cm³/mol. The molecule has 0 bridgehead atoms. The molecule has 0 aliphatic carbocycles. The molecular weight excluding hydrogens is 165 g/mol. The van der Waals surface area contributed by atoms with Gasteiger partial charge in [0.1, 0.15) is 0 Å². The van der Waals surface area contributed by atoms with Gasteiger partial charge in [0.2, 0.25) is 0 Å². The van der Waals surface area contributed by atoms with Crippen molar-refractivity contribution in [2.45, 2.75) is 0 Å². The Balaban J connectivity index is 0. The molecule has 0 heterocycles. The number of nitrogens with two attached hydrogens (primary N) is 2. The maximum absolute atomic E-state index is 6.06. The van der Waals surface area contributed by atoms with E-state index in [1.807, 2.05) is 0 Å². The fourth-order valence-electron chi connectivity index (χ4n) is 0. The zero-order valence-electron chi connectivity index (χ0n) is 3.62. The molecule has 0 atom stereocenters. The van der Waals surface area contributed by atoms with E-state index >= 15 is 0 Å². The van der Waals surface area contributed by atoms with E-state index in [0.717, 1.165) is 0 Å². The van der Waals surface area contributed by atoms with Crippen molar-refractivity contribution in [3.05, 3.63) is 0 Å². The standard InChI is InChI=1S/CH5N3.Ca.2ClH/c2-1(3)4;;;/h(H5,2,3,4);;2*1H/q;+2;;/p-2. The fourth-order valence-corrected chi connectivity index (χ4v) is 0. The fraction of sp³-hybridized carbons (Fsp3) is 0. The number of rotatable bonds is 0. The van der Waals surface area contributed by atoms with Crippen LogP contribution in [0.3, 0.4) is 0 Å². The number of guanidine groups is 1. The molecule has 0 saturated carbocycles. The van der Waals surface area contributed by atoms with Gasteiger partial charge in [-0.2, -0.15) is 0 Å². The number of halogens is 2. The summed E-state index contributed by atoms with van der Waals surface area (Å²) in [5.41, 5.74) is 8.94. The SMILES string of the molecule is N=C(N)N.[Cl][Ca][Cl]. The van der Waals surface area contributed by atoms with E-state index in [0.29, 0.717) is 0 Å². The Labute approximate surface area is 65.6 Å². The molecule has 0 spiro atoms. The Hall–Kier alpha value is 1.11. The van der Waals surface area contributed by atoms with Crippen molar-refractivity contribution in [2.75, 3.05) is 0 Å². The summed E-state index contributed by atoms with van der Waals surface area (Å²) >= 11 is -0.931. The van der Waals surface area contributed by atoms with Crippen molar-refractivity contribution in [1.82, 2.24) is 0 Å². The minimum atomic E-state index is -0.931. The second kappa shape index (κ2) is 10.2. The summed E-state index contributed by atoms with van der Waals surface area (Å²) in [6, 6.07) is 0. The van der Waals surface area contributed by atoms with Crippen LogP contribution in [0.15, 0.2) is 0 Å². The number of nitrogens with one attached hydrogen (secondary N) is 1. The first-order valence-electron chi connectivity index (χ1n) is 1.36. The van der Waals surface area contributed by atoms with Gasteiger partial charge in [0, 0.05) is 0 Å². The van der Waals surface area contributed by atoms with Crippen LogP contribution < -0.4 is 11.5 Å². The average Bonchev–Trinajstić information content (AvgIpc) is 1.33. The monoisotopic (exact) mass is 169 g/mol. The van der Waals surface area contributed by atoms with Crippen LogP contribution in [-0.4, -0.2) is 36.8 Å². The predicted octanol–water partition coefficient (Wildman–Crippen LogP) is -0.163. The third kappa shape index (κ3) is 151. The van der Waals surface area contributed by atoms with Gasteiger partial charge in [0.15, 0.2) is 5.96 Å². The molecule has 3 nitrogen and oxygen atoms in total. The van der Waals surface area contributed by atoms with Crippen LogP contribution in [0.4, 0.5) is 0 Å². The topological polar surface area (TPSA) is 75.9 Å². The minimum absolute atomic E-state index is 0.333. The van der Waals surface area contributed by atoms with Crippen molar-refractivity contribution in [1.29, 1.82) is 5.41 Å². The van der Waals surface area contributed by atoms with Crippen LogP contribution in [0.5, 0.6) is 0 Å². The molecule has 6 heteroatoms. The Kier molecular flexibility index (Phi) is 15.9. The molecule has 0 amide bonds. The van der Waals surface area contributed by atoms with Crippen molar-refractivity contribution in [3.63, 3.8) is 0 Å². The summed E-state index contributed by atoms with van der Waals surface area (Å²) in [4.78, 5) is 0. The molecule has 5 N–H and O–H groups in total. The molecule has 40 valence electrons. The van der Waals surface area contributed by atoms with Crippen LogP contribution in [0, 0.1) is 5.41 Å². The molecule has 0 aliphatic heterocycles. The second-order valence-corrected chi connectivity index (χ2v) is 4.20.